The minimum Gasteiger partial charge on any atom is -0.368 e. The van der Waals surface area contributed by atoms with Crippen LogP contribution < -0.4 is 10.6 Å². The monoisotopic (exact) mass is 227 g/mol. The summed E-state index contributed by atoms with van der Waals surface area (Å²) in [6.07, 6.45) is 0.516. The van der Waals surface area contributed by atoms with E-state index in [1.54, 1.807) is 11.9 Å². The van der Waals surface area contributed by atoms with Gasteiger partial charge in [0, 0.05) is 20.0 Å². The van der Waals surface area contributed by atoms with Crippen LogP contribution in [0.15, 0.2) is 0 Å². The molecule has 6 nitrogen and oxygen atoms in total. The molecular weight excluding hydrogens is 214 g/mol. The fraction of sp³-hybridized carbons (Fsp3) is 0.625. The van der Waals surface area contributed by atoms with Crippen LogP contribution in [-0.4, -0.2) is 33.0 Å². The van der Waals surface area contributed by atoms with Crippen LogP contribution in [0.4, 0.5) is 11.9 Å². The number of aromatic nitrogens is 3. The summed E-state index contributed by atoms with van der Waals surface area (Å²) in [5.41, 5.74) is 5.56. The molecule has 1 atom stereocenters. The maximum Gasteiger partial charge on any atom is 0.253 e. The van der Waals surface area contributed by atoms with Gasteiger partial charge in [-0.1, -0.05) is 0 Å². The van der Waals surface area contributed by atoms with Crippen LogP contribution in [0.2, 0.25) is 0 Å². The Balaban J connectivity index is 2.21. The first-order chi connectivity index (χ1) is 7.11. The molecule has 1 aromatic heterocycles. The molecule has 1 amide bonds. The third kappa shape index (κ3) is 1.79. The highest BCUT2D eigenvalue weighted by molar-refractivity contribution is 7.80. The van der Waals surface area contributed by atoms with Crippen LogP contribution >= 0.6 is 12.6 Å². The lowest BCUT2D eigenvalue weighted by Crippen LogP contribution is -2.26. The summed E-state index contributed by atoms with van der Waals surface area (Å²) in [4.78, 5) is 17.2. The maximum atomic E-state index is 11.6. The Kier molecular flexibility index (Phi) is 2.56. The molecule has 0 aromatic carbocycles. The zero-order valence-electron chi connectivity index (χ0n) is 8.42. The van der Waals surface area contributed by atoms with E-state index in [4.69, 9.17) is 5.73 Å². The van der Waals surface area contributed by atoms with E-state index in [1.807, 2.05) is 0 Å². The van der Waals surface area contributed by atoms with Crippen molar-refractivity contribution in [2.45, 2.75) is 6.42 Å². The number of nitrogens with zero attached hydrogens (tertiary/aromatic N) is 4. The topological polar surface area (TPSA) is 77.0 Å². The van der Waals surface area contributed by atoms with Gasteiger partial charge in [-0.05, 0) is 11.7 Å². The highest BCUT2D eigenvalue weighted by Crippen LogP contribution is 2.23. The minimum atomic E-state index is 0.0413. The van der Waals surface area contributed by atoms with E-state index >= 15 is 0 Å². The first-order valence-electron chi connectivity index (χ1n) is 4.69. The standard InChI is InChI=1S/C8H13N5OS/c1-12-7(9)10-8(11-12)13-3-5(4-15)2-6(13)14/h5,15H,2-4H2,1H3,(H2,9,10,11). The van der Waals surface area contributed by atoms with Crippen LogP contribution in [0.5, 0.6) is 0 Å². The number of hydrogen-bond donors (Lipinski definition) is 2. The predicted molar refractivity (Wildman–Crippen MR) is 59.7 cm³/mol. The van der Waals surface area contributed by atoms with Gasteiger partial charge in [-0.2, -0.15) is 17.6 Å². The van der Waals surface area contributed by atoms with Crippen molar-refractivity contribution < 1.29 is 4.79 Å². The molecule has 0 bridgehead atoms. The van der Waals surface area contributed by atoms with Crippen molar-refractivity contribution >= 4 is 30.4 Å². The van der Waals surface area contributed by atoms with Gasteiger partial charge in [0.05, 0.1) is 0 Å². The smallest absolute Gasteiger partial charge is 0.253 e. The predicted octanol–water partition coefficient (Wildman–Crippen LogP) is -0.320. The summed E-state index contributed by atoms with van der Waals surface area (Å²) in [6, 6.07) is 0. The molecule has 1 aromatic rings. The van der Waals surface area contributed by atoms with Gasteiger partial charge >= 0.3 is 0 Å². The second kappa shape index (κ2) is 3.73. The van der Waals surface area contributed by atoms with Crippen molar-refractivity contribution in [2.75, 3.05) is 22.9 Å². The number of rotatable bonds is 2. The molecule has 0 spiro atoms. The maximum absolute atomic E-state index is 11.6. The molecule has 1 aliphatic rings. The number of nitrogen functional groups attached to an aromatic ring is 1. The largest absolute Gasteiger partial charge is 0.368 e. The van der Waals surface area contributed by atoms with E-state index in [0.717, 1.165) is 0 Å². The van der Waals surface area contributed by atoms with Crippen LogP contribution in [0.3, 0.4) is 0 Å². The Labute approximate surface area is 92.9 Å². The molecule has 0 aliphatic carbocycles. The van der Waals surface area contributed by atoms with Gasteiger partial charge in [-0.3, -0.25) is 9.69 Å². The molecule has 2 rings (SSSR count). The number of carbonyl (C=O) groups excluding carboxylic acids is 1. The first kappa shape index (κ1) is 10.3. The summed E-state index contributed by atoms with van der Waals surface area (Å²) in [5, 5.41) is 4.07. The fourth-order valence-corrected chi connectivity index (χ4v) is 1.84. The first-order valence-corrected chi connectivity index (χ1v) is 5.32. The van der Waals surface area contributed by atoms with Crippen LogP contribution in [-0.2, 0) is 11.8 Å². The average molecular weight is 227 g/mol. The number of aryl methyl sites for hydroxylation is 1. The number of thiol groups is 1. The van der Waals surface area contributed by atoms with Gasteiger partial charge in [-0.15, -0.1) is 5.10 Å². The summed E-state index contributed by atoms with van der Waals surface area (Å²) in [6.45, 7) is 0.631. The molecule has 82 valence electrons. The second-order valence-corrected chi connectivity index (χ2v) is 4.02. The fourth-order valence-electron chi connectivity index (χ4n) is 1.59. The summed E-state index contributed by atoms with van der Waals surface area (Å²) in [7, 11) is 1.70. The quantitative estimate of drug-likeness (QED) is 0.679. The van der Waals surface area contributed by atoms with E-state index in [-0.39, 0.29) is 11.8 Å². The van der Waals surface area contributed by atoms with E-state index < -0.39 is 0 Å². The van der Waals surface area contributed by atoms with E-state index in [1.165, 1.54) is 4.68 Å². The average Bonchev–Trinajstić information content (AvgIpc) is 2.71. The normalized spacial score (nSPS) is 21.3. The van der Waals surface area contributed by atoms with E-state index in [9.17, 15) is 4.79 Å². The van der Waals surface area contributed by atoms with Crippen LogP contribution in [0, 0.1) is 5.92 Å². The number of carbonyl (C=O) groups is 1. The van der Waals surface area contributed by atoms with E-state index in [2.05, 4.69) is 22.7 Å². The molecule has 1 fully saturated rings. The van der Waals surface area contributed by atoms with Crippen molar-refractivity contribution in [1.82, 2.24) is 14.8 Å². The Bertz CT molecular complexity index is 371. The Morgan fingerprint density at radius 1 is 1.67 bits per heavy atom. The zero-order valence-corrected chi connectivity index (χ0v) is 9.31. The Morgan fingerprint density at radius 3 is 2.87 bits per heavy atom. The molecule has 15 heavy (non-hydrogen) atoms. The molecule has 1 saturated heterocycles. The lowest BCUT2D eigenvalue weighted by Gasteiger charge is -2.10. The van der Waals surface area contributed by atoms with Gasteiger partial charge in [0.15, 0.2) is 0 Å². The highest BCUT2D eigenvalue weighted by Gasteiger charge is 2.32. The molecule has 2 heterocycles. The van der Waals surface area contributed by atoms with Crippen molar-refractivity contribution in [1.29, 1.82) is 0 Å². The van der Waals surface area contributed by atoms with Crippen molar-refractivity contribution in [3.05, 3.63) is 0 Å². The molecule has 0 radical (unpaired) electrons. The van der Waals surface area contributed by atoms with Crippen LogP contribution in [0.25, 0.3) is 0 Å². The molecule has 1 aliphatic heterocycles. The number of amides is 1. The van der Waals surface area contributed by atoms with Gasteiger partial charge < -0.3 is 5.73 Å². The summed E-state index contributed by atoms with van der Waals surface area (Å²) < 4.78 is 1.45. The third-order valence-electron chi connectivity index (χ3n) is 2.49. The van der Waals surface area contributed by atoms with Gasteiger partial charge in [0.1, 0.15) is 0 Å². The van der Waals surface area contributed by atoms with E-state index in [0.29, 0.717) is 30.6 Å². The lowest BCUT2D eigenvalue weighted by molar-refractivity contribution is -0.117. The minimum absolute atomic E-state index is 0.0413. The van der Waals surface area contributed by atoms with Crippen LogP contribution in [0.1, 0.15) is 6.42 Å². The summed E-state index contributed by atoms with van der Waals surface area (Å²) in [5.74, 6) is 1.73. The van der Waals surface area contributed by atoms with Gasteiger partial charge in [0.25, 0.3) is 5.95 Å². The lowest BCUT2D eigenvalue weighted by atomic mass is 10.1. The molecule has 7 heteroatoms. The number of anilines is 2. The molecule has 0 saturated carbocycles. The van der Waals surface area contributed by atoms with Crippen molar-refractivity contribution in [2.24, 2.45) is 13.0 Å². The number of nitrogens with two attached hydrogens (primary N) is 1. The Morgan fingerprint density at radius 2 is 2.40 bits per heavy atom. The SMILES string of the molecule is Cn1nc(N2CC(CS)CC2=O)nc1N. The van der Waals surface area contributed by atoms with Gasteiger partial charge in [-0.25, -0.2) is 4.68 Å². The third-order valence-corrected chi connectivity index (χ3v) is 3.01. The zero-order chi connectivity index (χ0) is 11.0. The second-order valence-electron chi connectivity index (χ2n) is 3.65. The number of hydrogen-bond acceptors (Lipinski definition) is 5. The van der Waals surface area contributed by atoms with Gasteiger partial charge in [0.2, 0.25) is 11.9 Å². The highest BCUT2D eigenvalue weighted by atomic mass is 32.1. The summed E-state index contributed by atoms with van der Waals surface area (Å²) >= 11 is 4.19. The molecule has 1 unspecified atom stereocenters. The molecular formula is C8H13N5OS. The van der Waals surface area contributed by atoms with Crippen molar-refractivity contribution in [3.8, 4) is 0 Å². The Hall–Kier alpha value is -1.24. The molecule has 2 N–H and O–H groups in total. The van der Waals surface area contributed by atoms with Crippen molar-refractivity contribution in [3.63, 3.8) is 0 Å².